The number of aromatic nitrogens is 1. The normalized spacial score (nSPS) is 15.9. The van der Waals surface area contributed by atoms with Crippen LogP contribution in [0.25, 0.3) is 21.5 Å². The summed E-state index contributed by atoms with van der Waals surface area (Å²) in [4.78, 5) is 17.7. The molecule has 7 heteroatoms. The van der Waals surface area contributed by atoms with Crippen LogP contribution in [0.2, 0.25) is 0 Å². The lowest BCUT2D eigenvalue weighted by molar-refractivity contribution is 0.242. The van der Waals surface area contributed by atoms with Gasteiger partial charge in [0.05, 0.1) is 36.2 Å². The predicted molar refractivity (Wildman–Crippen MR) is 127 cm³/mol. The molecule has 32 heavy (non-hydrogen) atoms. The van der Waals surface area contributed by atoms with Crippen molar-refractivity contribution in [3.8, 4) is 11.5 Å². The molecular weight excluding hydrogens is 422 g/mol. The molecule has 0 fully saturated rings. The van der Waals surface area contributed by atoms with Crippen LogP contribution in [0.15, 0.2) is 72.8 Å². The topological polar surface area (TPSA) is 72.5 Å². The van der Waals surface area contributed by atoms with E-state index in [1.54, 1.807) is 25.6 Å². The van der Waals surface area contributed by atoms with Crippen LogP contribution in [-0.2, 0) is 0 Å². The van der Waals surface area contributed by atoms with E-state index < -0.39 is 6.04 Å². The van der Waals surface area contributed by atoms with Crippen LogP contribution in [0.5, 0.6) is 11.5 Å². The van der Waals surface area contributed by atoms with E-state index >= 15 is 0 Å². The second-order valence-electron chi connectivity index (χ2n) is 7.28. The Morgan fingerprint density at radius 3 is 2.47 bits per heavy atom. The molecule has 3 aromatic carbocycles. The lowest BCUT2D eigenvalue weighted by Gasteiger charge is -2.30. The third kappa shape index (κ3) is 3.56. The highest BCUT2D eigenvalue weighted by Gasteiger charge is 2.34. The average molecular weight is 444 g/mol. The molecule has 1 aliphatic rings. The van der Waals surface area contributed by atoms with Crippen molar-refractivity contribution >= 4 is 38.9 Å². The molecule has 160 valence electrons. The monoisotopic (exact) mass is 443 g/mol. The van der Waals surface area contributed by atoms with Crippen LogP contribution in [0.4, 0.5) is 4.79 Å². The van der Waals surface area contributed by atoms with E-state index in [9.17, 15) is 4.79 Å². The fourth-order valence-electron chi connectivity index (χ4n) is 3.91. The highest BCUT2D eigenvalue weighted by molar-refractivity contribution is 7.19. The Bertz CT molecular complexity index is 1300. The molecule has 0 bridgehead atoms. The van der Waals surface area contributed by atoms with Gasteiger partial charge in [0.15, 0.2) is 0 Å². The van der Waals surface area contributed by atoms with E-state index in [1.165, 1.54) is 0 Å². The summed E-state index contributed by atoms with van der Waals surface area (Å²) in [5.74, 6) is 1.34. The zero-order chi connectivity index (χ0) is 22.1. The number of para-hydroxylation sites is 1. The van der Waals surface area contributed by atoms with Crippen molar-refractivity contribution in [3.05, 3.63) is 88.9 Å². The number of methoxy groups -OCH3 is 2. The number of benzene rings is 3. The molecule has 1 aliphatic heterocycles. The van der Waals surface area contributed by atoms with Gasteiger partial charge in [-0.1, -0.05) is 42.5 Å². The molecule has 0 unspecified atom stereocenters. The lowest BCUT2D eigenvalue weighted by atomic mass is 9.92. The number of urea groups is 1. The Balaban J connectivity index is 1.79. The number of ether oxygens (including phenoxy) is 2. The molecule has 0 saturated carbocycles. The van der Waals surface area contributed by atoms with Gasteiger partial charge in [0.2, 0.25) is 0 Å². The number of carbonyl (C=O) groups excluding carboxylic acids is 1. The fraction of sp³-hybridized carbons (Fsp3) is 0.120. The minimum absolute atomic E-state index is 0.288. The lowest BCUT2D eigenvalue weighted by Crippen LogP contribution is -2.43. The number of hydrogen-bond acceptors (Lipinski definition) is 5. The number of hydrogen-bond donors (Lipinski definition) is 2. The summed E-state index contributed by atoms with van der Waals surface area (Å²) in [6.45, 7) is 0. The highest BCUT2D eigenvalue weighted by Crippen LogP contribution is 2.43. The average Bonchev–Trinajstić information content (AvgIpc) is 3.27. The van der Waals surface area contributed by atoms with Crippen LogP contribution in [0, 0.1) is 0 Å². The largest absolute Gasteiger partial charge is 0.497 e. The maximum atomic E-state index is 12.8. The van der Waals surface area contributed by atoms with Gasteiger partial charge in [-0.15, -0.1) is 11.3 Å². The van der Waals surface area contributed by atoms with E-state index in [-0.39, 0.29) is 6.03 Å². The quantitative estimate of drug-likeness (QED) is 0.443. The summed E-state index contributed by atoms with van der Waals surface area (Å²) in [5.41, 5.74) is 4.22. The number of fused-ring (bicyclic) bond motifs is 1. The van der Waals surface area contributed by atoms with Crippen LogP contribution in [0.3, 0.4) is 0 Å². The second kappa shape index (κ2) is 8.36. The van der Waals surface area contributed by atoms with Crippen LogP contribution < -0.4 is 20.1 Å². The number of rotatable bonds is 5. The van der Waals surface area contributed by atoms with Gasteiger partial charge in [0.1, 0.15) is 16.5 Å². The Kier molecular flexibility index (Phi) is 5.25. The van der Waals surface area contributed by atoms with E-state index in [1.807, 2.05) is 66.7 Å². The smallest absolute Gasteiger partial charge is 0.320 e. The van der Waals surface area contributed by atoms with Gasteiger partial charge >= 0.3 is 6.03 Å². The molecule has 0 aliphatic carbocycles. The molecular formula is C25H21N3O3S. The van der Waals surface area contributed by atoms with Gasteiger partial charge in [0.25, 0.3) is 0 Å². The molecule has 4 aromatic rings. The van der Waals surface area contributed by atoms with Gasteiger partial charge in [0, 0.05) is 11.1 Å². The molecule has 6 nitrogen and oxygen atoms in total. The van der Waals surface area contributed by atoms with Crippen molar-refractivity contribution in [2.75, 3.05) is 14.2 Å². The van der Waals surface area contributed by atoms with Crippen molar-refractivity contribution in [3.63, 3.8) is 0 Å². The first-order valence-electron chi connectivity index (χ1n) is 10.1. The first-order chi connectivity index (χ1) is 15.7. The van der Waals surface area contributed by atoms with Gasteiger partial charge in [-0.05, 0) is 35.9 Å². The Morgan fingerprint density at radius 2 is 1.72 bits per heavy atom. The summed E-state index contributed by atoms with van der Waals surface area (Å²) >= 11 is 1.59. The van der Waals surface area contributed by atoms with E-state index in [4.69, 9.17) is 14.5 Å². The number of amides is 2. The summed E-state index contributed by atoms with van der Waals surface area (Å²) in [7, 11) is 3.24. The summed E-state index contributed by atoms with van der Waals surface area (Å²) in [5, 5.41) is 6.92. The predicted octanol–water partition coefficient (Wildman–Crippen LogP) is 5.24. The third-order valence-electron chi connectivity index (χ3n) is 5.41. The molecule has 5 rings (SSSR count). The number of nitrogens with zero attached hydrogens (tertiary/aromatic N) is 1. The maximum absolute atomic E-state index is 12.8. The summed E-state index contributed by atoms with van der Waals surface area (Å²) in [6.07, 6.45) is 0. The molecule has 2 amide bonds. The van der Waals surface area contributed by atoms with Crippen LogP contribution >= 0.6 is 11.3 Å². The van der Waals surface area contributed by atoms with Crippen molar-refractivity contribution < 1.29 is 14.3 Å². The van der Waals surface area contributed by atoms with Gasteiger partial charge < -0.3 is 20.1 Å². The molecule has 2 heterocycles. The summed E-state index contributed by atoms with van der Waals surface area (Å²) < 4.78 is 12.2. The zero-order valence-electron chi connectivity index (χ0n) is 17.6. The van der Waals surface area contributed by atoms with Crippen LogP contribution in [-0.4, -0.2) is 25.2 Å². The third-order valence-corrected chi connectivity index (χ3v) is 6.48. The van der Waals surface area contributed by atoms with E-state index in [0.717, 1.165) is 37.6 Å². The fourth-order valence-corrected chi connectivity index (χ4v) is 4.96. The van der Waals surface area contributed by atoms with Gasteiger partial charge in [-0.25, -0.2) is 9.78 Å². The molecule has 0 spiro atoms. The van der Waals surface area contributed by atoms with Crippen molar-refractivity contribution in [1.29, 1.82) is 0 Å². The second-order valence-corrected chi connectivity index (χ2v) is 8.31. The summed E-state index contributed by atoms with van der Waals surface area (Å²) in [6, 6.07) is 22.6. The highest BCUT2D eigenvalue weighted by atomic mass is 32.1. The molecule has 0 saturated heterocycles. The van der Waals surface area contributed by atoms with E-state index in [2.05, 4.69) is 16.7 Å². The minimum Gasteiger partial charge on any atom is -0.497 e. The van der Waals surface area contributed by atoms with E-state index in [0.29, 0.717) is 11.5 Å². The first-order valence-corrected chi connectivity index (χ1v) is 10.9. The van der Waals surface area contributed by atoms with Crippen molar-refractivity contribution in [1.82, 2.24) is 15.6 Å². The zero-order valence-corrected chi connectivity index (χ0v) is 18.4. The molecule has 0 radical (unpaired) electrons. The number of carbonyl (C=O) groups is 1. The Labute approximate surface area is 189 Å². The van der Waals surface area contributed by atoms with Gasteiger partial charge in [-0.3, -0.25) is 0 Å². The van der Waals surface area contributed by atoms with Gasteiger partial charge in [-0.2, -0.15) is 0 Å². The van der Waals surface area contributed by atoms with Crippen LogP contribution in [0.1, 0.15) is 22.2 Å². The number of nitrogens with one attached hydrogen (secondary N) is 2. The first kappa shape index (κ1) is 20.1. The SMILES string of the molecule is COc1ccc(OC)c([C@H]2NC(=O)NC(c3ccccc3)=C2c2nc3ccccc3s2)c1. The Morgan fingerprint density at radius 1 is 0.938 bits per heavy atom. The number of thiazole rings is 1. The Hall–Kier alpha value is -3.84. The van der Waals surface area contributed by atoms with Crippen molar-refractivity contribution in [2.24, 2.45) is 0 Å². The maximum Gasteiger partial charge on any atom is 0.320 e. The molecule has 1 atom stereocenters. The van der Waals surface area contributed by atoms with Crippen molar-refractivity contribution in [2.45, 2.75) is 6.04 Å². The molecule has 1 aromatic heterocycles. The minimum atomic E-state index is -0.482. The molecule has 2 N–H and O–H groups in total. The standard InChI is InChI=1S/C25H21N3O3S/c1-30-16-12-13-19(31-2)17(14-16)23-21(24-26-18-10-6-7-11-20(18)32-24)22(27-25(29)28-23)15-8-4-3-5-9-15/h3-14,23H,1-2H3,(H2,27,28,29)/t23-/m1/s1.